The molecule has 0 aliphatic rings. The third kappa shape index (κ3) is 1.21. The van der Waals surface area contributed by atoms with Crippen LogP contribution in [0.4, 0.5) is 0 Å². The Bertz CT molecular complexity index is 231. The van der Waals surface area contributed by atoms with Crippen molar-refractivity contribution in [2.24, 2.45) is 0 Å². The van der Waals surface area contributed by atoms with E-state index in [1.54, 1.807) is 12.1 Å². The molecule has 0 heterocycles. The smallest absolute Gasteiger partial charge is 0.220 e. The van der Waals surface area contributed by atoms with Gasteiger partial charge >= 0.3 is 0 Å². The van der Waals surface area contributed by atoms with Gasteiger partial charge in [-0.15, -0.1) is 0 Å². The Morgan fingerprint density at radius 3 is 2.70 bits per heavy atom. The Morgan fingerprint density at radius 2 is 2.20 bits per heavy atom. The highest BCUT2D eigenvalue weighted by Crippen LogP contribution is 2.26. The summed E-state index contributed by atoms with van der Waals surface area (Å²) < 4.78 is 4.76. The van der Waals surface area contributed by atoms with Crippen molar-refractivity contribution in [1.82, 2.24) is 0 Å². The van der Waals surface area contributed by atoms with E-state index in [1.807, 2.05) is 0 Å². The molecule has 0 spiro atoms. The van der Waals surface area contributed by atoms with Gasteiger partial charge in [0.15, 0.2) is 5.75 Å². The summed E-state index contributed by atoms with van der Waals surface area (Å²) >= 11 is 0. The van der Waals surface area contributed by atoms with Gasteiger partial charge in [0.1, 0.15) is 0 Å². The average molecular weight is 136 g/mol. The van der Waals surface area contributed by atoms with Gasteiger partial charge < -0.3 is 4.74 Å². The summed E-state index contributed by atoms with van der Waals surface area (Å²) in [5.41, 5.74) is 0.714. The Morgan fingerprint density at radius 1 is 1.50 bits per heavy atom. The lowest BCUT2D eigenvalue weighted by Gasteiger charge is -1.99. The van der Waals surface area contributed by atoms with E-state index in [2.05, 4.69) is 6.92 Å². The van der Waals surface area contributed by atoms with E-state index in [1.165, 1.54) is 13.2 Å². The zero-order valence-electron chi connectivity index (χ0n) is 5.76. The van der Waals surface area contributed by atoms with E-state index >= 15 is 0 Å². The molecule has 0 aromatic heterocycles. The summed E-state index contributed by atoms with van der Waals surface area (Å²) in [4.78, 5) is 0. The number of methoxy groups -OCH3 is 1. The fourth-order valence-electron chi connectivity index (χ4n) is 0.721. The normalized spacial score (nSPS) is 9.40. The van der Waals surface area contributed by atoms with Gasteiger partial charge in [-0.1, -0.05) is 6.07 Å². The molecule has 0 unspecified atom stereocenters. The molecule has 2 nitrogen and oxygen atoms in total. The lowest BCUT2D eigenvalue weighted by atomic mass is 10.2. The van der Waals surface area contributed by atoms with Crippen molar-refractivity contribution in [2.45, 2.75) is 0 Å². The van der Waals surface area contributed by atoms with Crippen LogP contribution in [-0.4, -0.2) is 7.11 Å². The summed E-state index contributed by atoms with van der Waals surface area (Å²) in [7, 11) is 1.47. The minimum absolute atomic E-state index is 0.116. The van der Waals surface area contributed by atoms with Crippen molar-refractivity contribution in [1.29, 1.82) is 0 Å². The molecule has 10 heavy (non-hydrogen) atoms. The summed E-state index contributed by atoms with van der Waals surface area (Å²) in [5.74, 6) is 0.252. The molecule has 0 amide bonds. The van der Waals surface area contributed by atoms with E-state index in [0.29, 0.717) is 11.3 Å². The molecule has 52 valence electrons. The van der Waals surface area contributed by atoms with Gasteiger partial charge in [0.2, 0.25) is 5.75 Å². The van der Waals surface area contributed by atoms with E-state index < -0.39 is 0 Å². The first-order chi connectivity index (χ1) is 4.74. The minimum atomic E-state index is -0.116. The molecule has 0 saturated carbocycles. The topological polar surface area (TPSA) is 29.1 Å². The van der Waals surface area contributed by atoms with Crippen LogP contribution >= 0.6 is 0 Å². The molecule has 1 aromatic rings. The van der Waals surface area contributed by atoms with Gasteiger partial charge in [-0.25, -0.2) is 0 Å². The molecule has 2 radical (unpaired) electrons. The standard InChI is InChI=1S/C8H8O2/c1-6-3-4-8(10-2)7(9)5-6/h3-5H,1H2,2H3. The van der Waals surface area contributed by atoms with Crippen LogP contribution in [0, 0.1) is 6.92 Å². The predicted octanol–water partition coefficient (Wildman–Crippen LogP) is 2.02. The highest BCUT2D eigenvalue weighted by molar-refractivity contribution is 5.42. The fourth-order valence-corrected chi connectivity index (χ4v) is 0.721. The average Bonchev–Trinajstić information content (AvgIpc) is 1.88. The molecule has 0 aliphatic heterocycles. The van der Waals surface area contributed by atoms with Crippen molar-refractivity contribution < 1.29 is 9.84 Å². The zero-order valence-corrected chi connectivity index (χ0v) is 5.76. The summed E-state index contributed by atoms with van der Waals surface area (Å²) in [6.07, 6.45) is 0. The van der Waals surface area contributed by atoms with E-state index in [9.17, 15) is 5.11 Å². The van der Waals surface area contributed by atoms with Crippen LogP contribution in [0.2, 0.25) is 0 Å². The molecule has 0 aliphatic carbocycles. The van der Waals surface area contributed by atoms with Gasteiger partial charge in [-0.05, 0) is 24.6 Å². The van der Waals surface area contributed by atoms with Crippen molar-refractivity contribution in [3.8, 4) is 11.5 Å². The number of ether oxygens (including phenoxy) is 1. The largest absolute Gasteiger partial charge is 0.493 e. The monoisotopic (exact) mass is 136 g/mol. The van der Waals surface area contributed by atoms with Crippen LogP contribution < -0.4 is 4.74 Å². The lowest BCUT2D eigenvalue weighted by Crippen LogP contribution is -1.82. The van der Waals surface area contributed by atoms with Crippen LogP contribution in [0.1, 0.15) is 5.56 Å². The highest BCUT2D eigenvalue weighted by Gasteiger charge is 2.00. The summed E-state index contributed by atoms with van der Waals surface area (Å²) in [6, 6.07) is 4.80. The number of hydrogen-bond donors (Lipinski definition) is 0. The molecular weight excluding hydrogens is 128 g/mol. The Labute approximate surface area is 60.1 Å². The first-order valence-corrected chi connectivity index (χ1v) is 2.91. The van der Waals surface area contributed by atoms with Gasteiger partial charge in [0.25, 0.3) is 0 Å². The third-order valence-corrected chi connectivity index (χ3v) is 1.23. The molecular formula is C8H8O2. The minimum Gasteiger partial charge on any atom is -0.493 e. The van der Waals surface area contributed by atoms with Crippen molar-refractivity contribution in [3.63, 3.8) is 0 Å². The maximum atomic E-state index is 10.9. The zero-order chi connectivity index (χ0) is 7.56. The highest BCUT2D eigenvalue weighted by atomic mass is 16.5. The summed E-state index contributed by atoms with van der Waals surface area (Å²) in [6.45, 7) is 3.60. The third-order valence-electron chi connectivity index (χ3n) is 1.23. The molecule has 1 rings (SSSR count). The number of rotatable bonds is 1. The number of benzene rings is 1. The quantitative estimate of drug-likeness (QED) is 0.580. The van der Waals surface area contributed by atoms with E-state index in [0.717, 1.165) is 0 Å². The van der Waals surface area contributed by atoms with Crippen molar-refractivity contribution >= 4 is 0 Å². The lowest BCUT2D eigenvalue weighted by molar-refractivity contribution is 0.315. The molecule has 1 aromatic carbocycles. The van der Waals surface area contributed by atoms with Crippen molar-refractivity contribution in [2.75, 3.05) is 7.11 Å². The van der Waals surface area contributed by atoms with Gasteiger partial charge in [0, 0.05) is 0 Å². The molecule has 0 fully saturated rings. The molecule has 0 saturated heterocycles. The maximum Gasteiger partial charge on any atom is 0.220 e. The first-order valence-electron chi connectivity index (χ1n) is 2.91. The molecule has 0 N–H and O–H groups in total. The van der Waals surface area contributed by atoms with Crippen LogP contribution in [-0.2, 0) is 5.11 Å². The van der Waals surface area contributed by atoms with Crippen LogP contribution in [0.25, 0.3) is 0 Å². The number of hydrogen-bond acceptors (Lipinski definition) is 1. The van der Waals surface area contributed by atoms with Gasteiger partial charge in [-0.3, -0.25) is 5.11 Å². The first kappa shape index (κ1) is 6.93. The molecule has 0 bridgehead atoms. The SMILES string of the molecule is [CH2]c1ccc(OC)c([O])c1. The Hall–Kier alpha value is -1.18. The van der Waals surface area contributed by atoms with Gasteiger partial charge in [0.05, 0.1) is 7.11 Å². The van der Waals surface area contributed by atoms with Crippen LogP contribution in [0.5, 0.6) is 11.5 Å². The van der Waals surface area contributed by atoms with Crippen LogP contribution in [0.15, 0.2) is 18.2 Å². The van der Waals surface area contributed by atoms with E-state index in [-0.39, 0.29) is 5.75 Å². The predicted molar refractivity (Wildman–Crippen MR) is 37.6 cm³/mol. The second-order valence-electron chi connectivity index (χ2n) is 1.99. The maximum absolute atomic E-state index is 10.9. The molecule has 2 heteroatoms. The van der Waals surface area contributed by atoms with E-state index in [4.69, 9.17) is 4.74 Å². The fraction of sp³-hybridized carbons (Fsp3) is 0.125. The molecule has 0 atom stereocenters. The van der Waals surface area contributed by atoms with Crippen molar-refractivity contribution in [3.05, 3.63) is 30.7 Å². The van der Waals surface area contributed by atoms with Crippen LogP contribution in [0.3, 0.4) is 0 Å². The second-order valence-corrected chi connectivity index (χ2v) is 1.99. The second kappa shape index (κ2) is 2.60. The Balaban J connectivity index is 3.07. The van der Waals surface area contributed by atoms with Gasteiger partial charge in [-0.2, -0.15) is 0 Å². The Kier molecular flexibility index (Phi) is 1.81. The summed E-state index contributed by atoms with van der Waals surface area (Å²) in [5, 5.41) is 10.9.